The van der Waals surface area contributed by atoms with Crippen molar-refractivity contribution in [2.75, 3.05) is 36.5 Å². The predicted octanol–water partition coefficient (Wildman–Crippen LogP) is 3.06. The van der Waals surface area contributed by atoms with Gasteiger partial charge in [0.2, 0.25) is 11.8 Å². The molecule has 0 amide bonds. The lowest BCUT2D eigenvalue weighted by Gasteiger charge is -2.31. The highest BCUT2D eigenvalue weighted by molar-refractivity contribution is 5.85. The summed E-state index contributed by atoms with van der Waals surface area (Å²) in [7, 11) is 0. The lowest BCUT2D eigenvalue weighted by Crippen LogP contribution is -2.37. The van der Waals surface area contributed by atoms with E-state index in [0.717, 1.165) is 68.7 Å². The summed E-state index contributed by atoms with van der Waals surface area (Å²) in [5, 5.41) is 4.39. The van der Waals surface area contributed by atoms with Gasteiger partial charge < -0.3 is 19.7 Å². The van der Waals surface area contributed by atoms with Crippen LogP contribution < -0.4 is 15.0 Å². The molecule has 1 saturated carbocycles. The Morgan fingerprint density at radius 2 is 1.73 bits per heavy atom. The van der Waals surface area contributed by atoms with Gasteiger partial charge in [-0.15, -0.1) is 0 Å². The molecule has 30 heavy (non-hydrogen) atoms. The zero-order valence-corrected chi connectivity index (χ0v) is 16.9. The first-order valence-electron chi connectivity index (χ1n) is 10.6. The standard InChI is InChI=1S/C22H26N6O2/c1-3-18-19(23-8-1)15-20(28-11-13-29-14-12-28)27-21(18)30-17-6-4-16(5-7-17)26-22-24-9-2-10-25-22/h1-3,8-10,15-17H,4-7,11-14H2,(H,24,25,26). The first-order valence-corrected chi connectivity index (χ1v) is 10.6. The van der Waals surface area contributed by atoms with E-state index in [2.05, 4.69) is 25.2 Å². The van der Waals surface area contributed by atoms with Gasteiger partial charge in [-0.3, -0.25) is 4.98 Å². The van der Waals surface area contributed by atoms with Crippen molar-refractivity contribution in [2.24, 2.45) is 0 Å². The fourth-order valence-electron chi connectivity index (χ4n) is 4.12. The van der Waals surface area contributed by atoms with E-state index in [-0.39, 0.29) is 6.10 Å². The van der Waals surface area contributed by atoms with Crippen molar-refractivity contribution in [3.8, 4) is 5.88 Å². The van der Waals surface area contributed by atoms with Gasteiger partial charge in [-0.1, -0.05) is 0 Å². The summed E-state index contributed by atoms with van der Waals surface area (Å²) in [4.78, 5) is 20.2. The molecule has 8 nitrogen and oxygen atoms in total. The molecule has 1 N–H and O–H groups in total. The predicted molar refractivity (Wildman–Crippen MR) is 115 cm³/mol. The molecule has 0 spiro atoms. The van der Waals surface area contributed by atoms with E-state index in [1.807, 2.05) is 30.5 Å². The average Bonchev–Trinajstić information content (AvgIpc) is 2.81. The minimum Gasteiger partial charge on any atom is -0.474 e. The number of hydrogen-bond donors (Lipinski definition) is 1. The summed E-state index contributed by atoms with van der Waals surface area (Å²) >= 11 is 0. The summed E-state index contributed by atoms with van der Waals surface area (Å²) in [6, 6.07) is 8.22. The summed E-state index contributed by atoms with van der Waals surface area (Å²) in [6.45, 7) is 3.12. The zero-order valence-electron chi connectivity index (χ0n) is 16.9. The maximum absolute atomic E-state index is 6.43. The zero-order chi connectivity index (χ0) is 20.2. The Hall–Kier alpha value is -3.00. The van der Waals surface area contributed by atoms with Gasteiger partial charge in [0.05, 0.1) is 24.1 Å². The van der Waals surface area contributed by atoms with Gasteiger partial charge in [0, 0.05) is 43.8 Å². The third kappa shape index (κ3) is 4.28. The van der Waals surface area contributed by atoms with Gasteiger partial charge >= 0.3 is 0 Å². The first kappa shape index (κ1) is 19.0. The molecular formula is C22H26N6O2. The molecule has 0 unspecified atom stereocenters. The average molecular weight is 406 g/mol. The summed E-state index contributed by atoms with van der Waals surface area (Å²) in [5.74, 6) is 2.29. The van der Waals surface area contributed by atoms with Crippen LogP contribution in [0.15, 0.2) is 42.9 Å². The van der Waals surface area contributed by atoms with Gasteiger partial charge in [-0.05, 0) is 43.9 Å². The van der Waals surface area contributed by atoms with E-state index >= 15 is 0 Å². The Labute approximate surface area is 175 Å². The quantitative estimate of drug-likeness (QED) is 0.692. The highest BCUT2D eigenvalue weighted by atomic mass is 16.5. The van der Waals surface area contributed by atoms with E-state index in [0.29, 0.717) is 17.9 Å². The van der Waals surface area contributed by atoms with Gasteiger partial charge in [-0.25, -0.2) is 9.97 Å². The van der Waals surface area contributed by atoms with Crippen LogP contribution in [0.3, 0.4) is 0 Å². The minimum atomic E-state index is 0.149. The van der Waals surface area contributed by atoms with E-state index in [1.165, 1.54) is 0 Å². The molecule has 1 aliphatic heterocycles. The normalized spacial score (nSPS) is 22.1. The second kappa shape index (κ2) is 8.79. The highest BCUT2D eigenvalue weighted by Crippen LogP contribution is 2.31. The smallest absolute Gasteiger partial charge is 0.225 e. The number of anilines is 2. The Bertz CT molecular complexity index is 972. The van der Waals surface area contributed by atoms with Crippen LogP contribution in [0.25, 0.3) is 10.9 Å². The van der Waals surface area contributed by atoms with Gasteiger partial charge in [0.15, 0.2) is 0 Å². The fourth-order valence-corrected chi connectivity index (χ4v) is 4.12. The molecule has 1 saturated heterocycles. The topological polar surface area (TPSA) is 85.3 Å². The van der Waals surface area contributed by atoms with Crippen LogP contribution in [0.1, 0.15) is 25.7 Å². The molecule has 0 atom stereocenters. The molecule has 2 aliphatic rings. The van der Waals surface area contributed by atoms with Crippen molar-refractivity contribution >= 4 is 22.7 Å². The lowest BCUT2D eigenvalue weighted by atomic mass is 9.93. The Morgan fingerprint density at radius 3 is 2.53 bits per heavy atom. The Morgan fingerprint density at radius 1 is 0.967 bits per heavy atom. The van der Waals surface area contributed by atoms with Crippen LogP contribution in [0.5, 0.6) is 5.88 Å². The third-order valence-electron chi connectivity index (χ3n) is 5.74. The lowest BCUT2D eigenvalue weighted by molar-refractivity contribution is 0.122. The number of pyridine rings is 2. The molecule has 8 heteroatoms. The Kier molecular flexibility index (Phi) is 5.56. The summed E-state index contributed by atoms with van der Waals surface area (Å²) < 4.78 is 11.9. The van der Waals surface area contributed by atoms with Gasteiger partial charge in [0.25, 0.3) is 0 Å². The van der Waals surface area contributed by atoms with Crippen molar-refractivity contribution in [3.63, 3.8) is 0 Å². The first-order chi connectivity index (χ1) is 14.8. The minimum absolute atomic E-state index is 0.149. The van der Waals surface area contributed by atoms with Crippen molar-refractivity contribution in [1.82, 2.24) is 19.9 Å². The monoisotopic (exact) mass is 406 g/mol. The highest BCUT2D eigenvalue weighted by Gasteiger charge is 2.25. The summed E-state index contributed by atoms with van der Waals surface area (Å²) in [5.41, 5.74) is 0.917. The Balaban J connectivity index is 1.29. The molecule has 5 rings (SSSR count). The van der Waals surface area contributed by atoms with Crippen LogP contribution in [0, 0.1) is 0 Å². The van der Waals surface area contributed by atoms with Crippen LogP contribution >= 0.6 is 0 Å². The maximum atomic E-state index is 6.43. The molecule has 3 aromatic heterocycles. The SMILES string of the molecule is c1cnc(NC2CCC(Oc3nc(N4CCOCC4)cc4ncccc34)CC2)nc1. The third-order valence-corrected chi connectivity index (χ3v) is 5.74. The number of fused-ring (bicyclic) bond motifs is 1. The molecule has 0 bridgehead atoms. The number of morpholine rings is 1. The maximum Gasteiger partial charge on any atom is 0.225 e. The van der Waals surface area contributed by atoms with Gasteiger partial charge in [-0.2, -0.15) is 4.98 Å². The van der Waals surface area contributed by atoms with E-state index < -0.39 is 0 Å². The molecule has 0 radical (unpaired) electrons. The van der Waals surface area contributed by atoms with E-state index in [4.69, 9.17) is 14.5 Å². The van der Waals surface area contributed by atoms with Crippen molar-refractivity contribution in [3.05, 3.63) is 42.9 Å². The van der Waals surface area contributed by atoms with Crippen LogP contribution in [-0.2, 0) is 4.74 Å². The number of rotatable bonds is 5. The van der Waals surface area contributed by atoms with Crippen molar-refractivity contribution < 1.29 is 9.47 Å². The molecule has 3 aromatic rings. The van der Waals surface area contributed by atoms with Gasteiger partial charge in [0.1, 0.15) is 11.9 Å². The number of aromatic nitrogens is 4. The number of nitrogens with zero attached hydrogens (tertiary/aromatic N) is 5. The molecule has 0 aromatic carbocycles. The van der Waals surface area contributed by atoms with Crippen molar-refractivity contribution in [2.45, 2.75) is 37.8 Å². The number of hydrogen-bond acceptors (Lipinski definition) is 8. The molecule has 156 valence electrons. The molecule has 1 aliphatic carbocycles. The van der Waals surface area contributed by atoms with Crippen molar-refractivity contribution in [1.29, 1.82) is 0 Å². The molecule has 4 heterocycles. The van der Waals surface area contributed by atoms with Crippen LogP contribution in [-0.4, -0.2) is 58.4 Å². The molecule has 2 fully saturated rings. The second-order valence-corrected chi connectivity index (χ2v) is 7.76. The van der Waals surface area contributed by atoms with Crippen LogP contribution in [0.2, 0.25) is 0 Å². The molecular weight excluding hydrogens is 380 g/mol. The second-order valence-electron chi connectivity index (χ2n) is 7.76. The fraction of sp³-hybridized carbons (Fsp3) is 0.455. The number of ether oxygens (including phenoxy) is 2. The number of nitrogens with one attached hydrogen (secondary N) is 1. The van der Waals surface area contributed by atoms with E-state index in [9.17, 15) is 0 Å². The van der Waals surface area contributed by atoms with Crippen LogP contribution in [0.4, 0.5) is 11.8 Å². The summed E-state index contributed by atoms with van der Waals surface area (Å²) in [6.07, 6.45) is 9.45. The largest absolute Gasteiger partial charge is 0.474 e. The van der Waals surface area contributed by atoms with E-state index in [1.54, 1.807) is 12.4 Å².